The predicted octanol–water partition coefficient (Wildman–Crippen LogP) is 3.14. The number of likely N-dealkylation sites (tertiary alicyclic amines) is 1. The normalized spacial score (nSPS) is 19.0. The molecule has 0 bridgehead atoms. The largest absolute Gasteiger partial charge is 0.506 e. The van der Waals surface area contributed by atoms with Crippen molar-refractivity contribution in [3.05, 3.63) is 29.0 Å². The van der Waals surface area contributed by atoms with Crippen LogP contribution in [0, 0.1) is 13.8 Å². The van der Waals surface area contributed by atoms with Gasteiger partial charge in [0.25, 0.3) is 0 Å². The zero-order chi connectivity index (χ0) is 22.1. The first-order chi connectivity index (χ1) is 14.1. The van der Waals surface area contributed by atoms with E-state index in [-0.39, 0.29) is 30.1 Å². The first kappa shape index (κ1) is 22.2. The number of piperidine rings is 1. The van der Waals surface area contributed by atoms with Gasteiger partial charge in [0.1, 0.15) is 17.1 Å². The fourth-order valence-electron chi connectivity index (χ4n) is 3.59. The molecule has 1 aliphatic rings. The van der Waals surface area contributed by atoms with Crippen molar-refractivity contribution < 1.29 is 23.4 Å². The molecule has 3 heterocycles. The Labute approximate surface area is 173 Å². The molecule has 2 unspecified atom stereocenters. The summed E-state index contributed by atoms with van der Waals surface area (Å²) < 4.78 is 38.4. The number of anilines is 1. The van der Waals surface area contributed by atoms with Crippen molar-refractivity contribution in [3.63, 3.8) is 0 Å². The predicted molar refractivity (Wildman–Crippen MR) is 106 cm³/mol. The van der Waals surface area contributed by atoms with Crippen molar-refractivity contribution >= 4 is 5.82 Å². The zero-order valence-electron chi connectivity index (χ0n) is 17.2. The fourth-order valence-corrected chi connectivity index (χ4v) is 3.59. The second kappa shape index (κ2) is 8.73. The molecule has 1 fully saturated rings. The van der Waals surface area contributed by atoms with Gasteiger partial charge in [-0.15, -0.1) is 10.2 Å². The molecule has 3 rings (SSSR count). The summed E-state index contributed by atoms with van der Waals surface area (Å²) in [6.07, 6.45) is -1.96. The summed E-state index contributed by atoms with van der Waals surface area (Å²) in [5, 5.41) is 31.2. The molecule has 164 valence electrons. The number of aromatic nitrogens is 3. The van der Waals surface area contributed by atoms with Gasteiger partial charge in [-0.05, 0) is 57.4 Å². The van der Waals surface area contributed by atoms with Crippen LogP contribution in [0.5, 0.6) is 5.75 Å². The second-order valence-corrected chi connectivity index (χ2v) is 7.75. The third-order valence-electron chi connectivity index (χ3n) is 5.62. The topological polar surface area (TPSA) is 94.4 Å². The number of aromatic hydroxyl groups is 1. The molecular weight excluding hydrogens is 399 g/mol. The van der Waals surface area contributed by atoms with E-state index in [4.69, 9.17) is 0 Å². The van der Waals surface area contributed by atoms with Crippen molar-refractivity contribution in [1.29, 1.82) is 0 Å². The Morgan fingerprint density at radius 3 is 2.60 bits per heavy atom. The number of hydrogen-bond donors (Lipinski definition) is 3. The van der Waals surface area contributed by atoms with Crippen LogP contribution in [0.2, 0.25) is 0 Å². The Hall–Kier alpha value is -2.46. The van der Waals surface area contributed by atoms with Gasteiger partial charge in [0, 0.05) is 24.8 Å². The number of hydrogen-bond acceptors (Lipinski definition) is 7. The van der Waals surface area contributed by atoms with E-state index in [1.165, 1.54) is 0 Å². The van der Waals surface area contributed by atoms with E-state index in [0.29, 0.717) is 23.6 Å². The number of pyridine rings is 1. The zero-order valence-corrected chi connectivity index (χ0v) is 17.2. The maximum absolute atomic E-state index is 12.8. The Kier molecular flexibility index (Phi) is 6.47. The Morgan fingerprint density at radius 1 is 1.23 bits per heavy atom. The Bertz CT molecular complexity index is 907. The highest BCUT2D eigenvalue weighted by atomic mass is 19.4. The van der Waals surface area contributed by atoms with Gasteiger partial charge < -0.3 is 15.5 Å². The van der Waals surface area contributed by atoms with Crippen molar-refractivity contribution in [2.75, 3.05) is 25.0 Å². The minimum atomic E-state index is -4.59. The van der Waals surface area contributed by atoms with Gasteiger partial charge in [-0.1, -0.05) is 0 Å². The average molecular weight is 425 g/mol. The van der Waals surface area contributed by atoms with Crippen molar-refractivity contribution in [1.82, 2.24) is 20.1 Å². The highest BCUT2D eigenvalue weighted by Crippen LogP contribution is 2.36. The van der Waals surface area contributed by atoms with Crippen LogP contribution < -0.4 is 5.32 Å². The number of halogens is 3. The summed E-state index contributed by atoms with van der Waals surface area (Å²) in [5.41, 5.74) is 0.634. The summed E-state index contributed by atoms with van der Waals surface area (Å²) in [6, 6.07) is 0.868. The fraction of sp³-hybridized carbons (Fsp3) is 0.550. The van der Waals surface area contributed by atoms with Gasteiger partial charge in [-0.3, -0.25) is 4.90 Å². The second-order valence-electron chi connectivity index (χ2n) is 7.75. The minimum absolute atomic E-state index is 0.0386. The molecule has 10 heteroatoms. The van der Waals surface area contributed by atoms with Gasteiger partial charge in [0.2, 0.25) is 0 Å². The SMILES string of the molecule is Cc1c(NC2CCCN(C(C)CO)C2)nnc(-c2ncc(C(F)(F)F)cc2O)c1C. The van der Waals surface area contributed by atoms with Crippen LogP contribution in [-0.2, 0) is 6.18 Å². The molecule has 0 amide bonds. The molecule has 0 saturated carbocycles. The molecule has 30 heavy (non-hydrogen) atoms. The third-order valence-corrected chi connectivity index (χ3v) is 5.62. The number of alkyl halides is 3. The van der Waals surface area contributed by atoms with Crippen LogP contribution in [0.15, 0.2) is 12.3 Å². The smallest absolute Gasteiger partial charge is 0.418 e. The van der Waals surface area contributed by atoms with Crippen LogP contribution >= 0.6 is 0 Å². The Morgan fingerprint density at radius 2 is 1.97 bits per heavy atom. The first-order valence-electron chi connectivity index (χ1n) is 9.83. The van der Waals surface area contributed by atoms with Gasteiger partial charge >= 0.3 is 6.18 Å². The van der Waals surface area contributed by atoms with Gasteiger partial charge in [0.05, 0.1) is 12.2 Å². The lowest BCUT2D eigenvalue weighted by atomic mass is 10.0. The summed E-state index contributed by atoms with van der Waals surface area (Å²) in [5.74, 6) is -0.00518. The minimum Gasteiger partial charge on any atom is -0.506 e. The van der Waals surface area contributed by atoms with E-state index in [1.54, 1.807) is 6.92 Å². The molecule has 7 nitrogen and oxygen atoms in total. The molecule has 0 aliphatic carbocycles. The van der Waals surface area contributed by atoms with Crippen LogP contribution in [0.25, 0.3) is 11.4 Å². The van der Waals surface area contributed by atoms with E-state index in [1.807, 2.05) is 13.8 Å². The first-order valence-corrected chi connectivity index (χ1v) is 9.83. The lowest BCUT2D eigenvalue weighted by molar-refractivity contribution is -0.137. The summed E-state index contributed by atoms with van der Waals surface area (Å²) in [4.78, 5) is 6.00. The molecule has 2 atom stereocenters. The van der Waals surface area contributed by atoms with Crippen molar-refractivity contribution in [2.24, 2.45) is 0 Å². The van der Waals surface area contributed by atoms with Crippen molar-refractivity contribution in [3.8, 4) is 17.1 Å². The number of rotatable bonds is 5. The van der Waals surface area contributed by atoms with E-state index in [2.05, 4.69) is 25.4 Å². The number of nitrogens with zero attached hydrogens (tertiary/aromatic N) is 4. The van der Waals surface area contributed by atoms with Crippen LogP contribution in [-0.4, -0.2) is 62.1 Å². The average Bonchev–Trinajstić information content (AvgIpc) is 2.71. The number of nitrogens with one attached hydrogen (secondary N) is 1. The quantitative estimate of drug-likeness (QED) is 0.678. The highest BCUT2D eigenvalue weighted by Gasteiger charge is 2.32. The molecule has 0 radical (unpaired) electrons. The molecular formula is C20H26F3N5O2. The monoisotopic (exact) mass is 425 g/mol. The van der Waals surface area contributed by atoms with Gasteiger partial charge in [-0.25, -0.2) is 4.98 Å². The van der Waals surface area contributed by atoms with Crippen LogP contribution in [0.1, 0.15) is 36.5 Å². The molecule has 2 aromatic rings. The highest BCUT2D eigenvalue weighted by molar-refractivity contribution is 5.68. The standard InChI is InChI=1S/C20H26F3N5O2/c1-11(10-29)28-6-4-5-15(9-28)25-19-13(3)12(2)17(26-27-19)18-16(30)7-14(8-24-18)20(21,22)23/h7-8,11,15,29-30H,4-6,9-10H2,1-3H3,(H,25,27). The molecule has 0 spiro atoms. The summed E-state index contributed by atoms with van der Waals surface area (Å²) in [6.45, 7) is 7.39. The number of aliphatic hydroxyl groups is 1. The Balaban J connectivity index is 1.83. The van der Waals surface area contributed by atoms with E-state index in [0.717, 1.165) is 31.5 Å². The molecule has 2 aromatic heterocycles. The van der Waals surface area contributed by atoms with Crippen LogP contribution in [0.3, 0.4) is 0 Å². The maximum atomic E-state index is 12.8. The molecule has 3 N–H and O–H groups in total. The van der Waals surface area contributed by atoms with Crippen molar-refractivity contribution in [2.45, 2.75) is 51.9 Å². The van der Waals surface area contributed by atoms with E-state index in [9.17, 15) is 23.4 Å². The van der Waals surface area contributed by atoms with E-state index < -0.39 is 17.5 Å². The maximum Gasteiger partial charge on any atom is 0.418 e. The summed E-state index contributed by atoms with van der Waals surface area (Å²) >= 11 is 0. The lowest BCUT2D eigenvalue weighted by Gasteiger charge is -2.36. The molecule has 1 aliphatic heterocycles. The summed E-state index contributed by atoms with van der Waals surface area (Å²) in [7, 11) is 0. The van der Waals surface area contributed by atoms with E-state index >= 15 is 0 Å². The molecule has 1 saturated heterocycles. The lowest BCUT2D eigenvalue weighted by Crippen LogP contribution is -2.47. The van der Waals surface area contributed by atoms with Gasteiger partial charge in [-0.2, -0.15) is 13.2 Å². The van der Waals surface area contributed by atoms with Crippen LogP contribution in [0.4, 0.5) is 19.0 Å². The third kappa shape index (κ3) is 4.65. The van der Waals surface area contributed by atoms with Gasteiger partial charge in [0.15, 0.2) is 5.82 Å². The number of aliphatic hydroxyl groups excluding tert-OH is 1. The molecule has 0 aromatic carbocycles.